The van der Waals surface area contributed by atoms with E-state index in [0.29, 0.717) is 5.69 Å². The van der Waals surface area contributed by atoms with Crippen LogP contribution in [0.1, 0.15) is 13.8 Å². The first-order valence-corrected chi connectivity index (χ1v) is 6.82. The molecule has 1 rings (SSSR count). The Morgan fingerprint density at radius 1 is 1.44 bits per heavy atom. The van der Waals surface area contributed by atoms with E-state index in [-0.39, 0.29) is 22.4 Å². The van der Waals surface area contributed by atoms with Crippen molar-refractivity contribution in [3.63, 3.8) is 0 Å². The van der Waals surface area contributed by atoms with E-state index in [1.807, 2.05) is 13.8 Å². The van der Waals surface area contributed by atoms with E-state index in [9.17, 15) is 13.5 Å². The Morgan fingerprint density at radius 2 is 2.06 bits per heavy atom. The van der Waals surface area contributed by atoms with Crippen LogP contribution in [-0.2, 0) is 10.0 Å². The third-order valence-corrected chi connectivity index (χ3v) is 3.74. The van der Waals surface area contributed by atoms with Crippen LogP contribution in [0, 0.1) is 5.92 Å². The number of halogens is 1. The molecule has 1 aromatic carbocycles. The molecule has 90 valence electrons. The van der Waals surface area contributed by atoms with Gasteiger partial charge in [-0.3, -0.25) is 4.72 Å². The molecule has 0 spiro atoms. The van der Waals surface area contributed by atoms with E-state index >= 15 is 0 Å². The highest BCUT2D eigenvalue weighted by Gasteiger charge is 2.13. The highest BCUT2D eigenvalue weighted by molar-refractivity contribution is 7.92. The SMILES string of the molecule is CC(C)CS(=O)(=O)Nc1ccc(Cl)c(O)c1. The number of phenolic OH excluding ortho intramolecular Hbond substituents is 1. The Labute approximate surface area is 100 Å². The Hall–Kier alpha value is -0.940. The molecule has 0 bridgehead atoms. The van der Waals surface area contributed by atoms with Crippen LogP contribution >= 0.6 is 11.6 Å². The fourth-order valence-corrected chi connectivity index (χ4v) is 2.80. The molecule has 0 aliphatic rings. The van der Waals surface area contributed by atoms with Crippen molar-refractivity contribution in [2.45, 2.75) is 13.8 Å². The van der Waals surface area contributed by atoms with E-state index in [2.05, 4.69) is 4.72 Å². The van der Waals surface area contributed by atoms with Gasteiger partial charge in [0.2, 0.25) is 10.0 Å². The van der Waals surface area contributed by atoms with Gasteiger partial charge in [-0.15, -0.1) is 0 Å². The number of hydrogen-bond acceptors (Lipinski definition) is 3. The molecule has 0 saturated heterocycles. The summed E-state index contributed by atoms with van der Waals surface area (Å²) < 4.78 is 25.5. The van der Waals surface area contributed by atoms with Gasteiger partial charge in [0.15, 0.2) is 0 Å². The van der Waals surface area contributed by atoms with Crippen LogP contribution in [0.15, 0.2) is 18.2 Å². The van der Waals surface area contributed by atoms with Crippen LogP contribution in [0.3, 0.4) is 0 Å². The zero-order valence-corrected chi connectivity index (χ0v) is 10.6. The molecule has 1 aromatic rings. The Kier molecular flexibility index (Phi) is 4.04. The fraction of sp³-hybridized carbons (Fsp3) is 0.400. The number of hydrogen-bond donors (Lipinski definition) is 2. The molecule has 0 unspecified atom stereocenters. The summed E-state index contributed by atoms with van der Waals surface area (Å²) in [5.41, 5.74) is 0.308. The Morgan fingerprint density at radius 3 is 2.56 bits per heavy atom. The van der Waals surface area contributed by atoms with E-state index in [1.165, 1.54) is 18.2 Å². The average Bonchev–Trinajstić information content (AvgIpc) is 2.08. The summed E-state index contributed by atoms with van der Waals surface area (Å²) in [6.07, 6.45) is 0. The molecule has 0 saturated carbocycles. The van der Waals surface area contributed by atoms with Crippen molar-refractivity contribution in [2.24, 2.45) is 5.92 Å². The second kappa shape index (κ2) is 4.93. The summed E-state index contributed by atoms with van der Waals surface area (Å²) in [6.45, 7) is 3.64. The third kappa shape index (κ3) is 3.90. The molecular weight excluding hydrogens is 250 g/mol. The van der Waals surface area contributed by atoms with Gasteiger partial charge < -0.3 is 5.11 Å². The summed E-state index contributed by atoms with van der Waals surface area (Å²) >= 11 is 5.61. The van der Waals surface area contributed by atoms with Gasteiger partial charge in [0.1, 0.15) is 5.75 Å². The molecule has 0 aliphatic heterocycles. The van der Waals surface area contributed by atoms with Gasteiger partial charge in [-0.05, 0) is 18.1 Å². The molecule has 0 atom stereocenters. The Balaban J connectivity index is 2.84. The molecule has 4 nitrogen and oxygen atoms in total. The number of anilines is 1. The molecule has 0 amide bonds. The van der Waals surface area contributed by atoms with Crippen molar-refractivity contribution in [2.75, 3.05) is 10.5 Å². The fourth-order valence-electron chi connectivity index (χ4n) is 1.24. The molecule has 16 heavy (non-hydrogen) atoms. The van der Waals surface area contributed by atoms with Crippen molar-refractivity contribution >= 4 is 27.3 Å². The van der Waals surface area contributed by atoms with E-state index in [4.69, 9.17) is 11.6 Å². The number of aromatic hydroxyl groups is 1. The minimum atomic E-state index is -3.37. The molecule has 0 aliphatic carbocycles. The maximum Gasteiger partial charge on any atom is 0.232 e. The van der Waals surface area contributed by atoms with Gasteiger partial charge in [-0.25, -0.2) is 8.42 Å². The van der Waals surface area contributed by atoms with Crippen molar-refractivity contribution in [1.82, 2.24) is 0 Å². The summed E-state index contributed by atoms with van der Waals surface area (Å²) in [7, 11) is -3.37. The number of benzene rings is 1. The lowest BCUT2D eigenvalue weighted by molar-refractivity contribution is 0.476. The monoisotopic (exact) mass is 263 g/mol. The minimum absolute atomic E-state index is 0.0381. The maximum absolute atomic E-state index is 11.6. The maximum atomic E-state index is 11.6. The molecule has 0 radical (unpaired) electrons. The van der Waals surface area contributed by atoms with Crippen molar-refractivity contribution < 1.29 is 13.5 Å². The molecule has 0 fully saturated rings. The lowest BCUT2D eigenvalue weighted by Crippen LogP contribution is -2.19. The molecule has 6 heteroatoms. The molecular formula is C10H14ClNO3S. The second-order valence-corrected chi connectivity index (χ2v) is 6.12. The van der Waals surface area contributed by atoms with Gasteiger partial charge in [-0.1, -0.05) is 25.4 Å². The van der Waals surface area contributed by atoms with Gasteiger partial charge in [-0.2, -0.15) is 0 Å². The predicted molar refractivity (Wildman–Crippen MR) is 65.4 cm³/mol. The lowest BCUT2D eigenvalue weighted by atomic mass is 10.3. The highest BCUT2D eigenvalue weighted by atomic mass is 35.5. The number of rotatable bonds is 4. The normalized spacial score (nSPS) is 11.8. The van der Waals surface area contributed by atoms with Gasteiger partial charge in [0.05, 0.1) is 16.5 Å². The molecule has 0 heterocycles. The van der Waals surface area contributed by atoms with Crippen LogP contribution in [0.4, 0.5) is 5.69 Å². The van der Waals surface area contributed by atoms with E-state index in [0.717, 1.165) is 0 Å². The Bertz CT molecular complexity index is 471. The van der Waals surface area contributed by atoms with Gasteiger partial charge >= 0.3 is 0 Å². The van der Waals surface area contributed by atoms with E-state index < -0.39 is 10.0 Å². The molecule has 0 aromatic heterocycles. The highest BCUT2D eigenvalue weighted by Crippen LogP contribution is 2.26. The van der Waals surface area contributed by atoms with Gasteiger partial charge in [0.25, 0.3) is 0 Å². The smallest absolute Gasteiger partial charge is 0.232 e. The first-order valence-electron chi connectivity index (χ1n) is 4.79. The zero-order chi connectivity index (χ0) is 12.3. The van der Waals surface area contributed by atoms with Gasteiger partial charge in [0, 0.05) is 6.07 Å². The quantitative estimate of drug-likeness (QED) is 0.877. The summed E-state index contributed by atoms with van der Waals surface area (Å²) in [4.78, 5) is 0. The van der Waals surface area contributed by atoms with E-state index in [1.54, 1.807) is 0 Å². The first kappa shape index (κ1) is 13.1. The van der Waals surface area contributed by atoms with Crippen LogP contribution in [-0.4, -0.2) is 19.3 Å². The standard InChI is InChI=1S/C10H14ClNO3S/c1-7(2)6-16(14,15)12-8-3-4-9(11)10(13)5-8/h3-5,7,12-13H,6H2,1-2H3. The zero-order valence-electron chi connectivity index (χ0n) is 9.07. The van der Waals surface area contributed by atoms with Crippen LogP contribution in [0.5, 0.6) is 5.75 Å². The summed E-state index contributed by atoms with van der Waals surface area (Å²) in [5, 5.41) is 9.50. The average molecular weight is 264 g/mol. The summed E-state index contributed by atoms with van der Waals surface area (Å²) in [5.74, 6) is -0.0686. The van der Waals surface area contributed by atoms with Crippen LogP contribution in [0.2, 0.25) is 5.02 Å². The number of phenols is 1. The van der Waals surface area contributed by atoms with Crippen LogP contribution < -0.4 is 4.72 Å². The number of nitrogens with one attached hydrogen (secondary N) is 1. The molecule has 2 N–H and O–H groups in total. The van der Waals surface area contributed by atoms with Crippen LogP contribution in [0.25, 0.3) is 0 Å². The van der Waals surface area contributed by atoms with Crippen molar-refractivity contribution in [3.05, 3.63) is 23.2 Å². The lowest BCUT2D eigenvalue weighted by Gasteiger charge is -2.10. The second-order valence-electron chi connectivity index (χ2n) is 3.94. The third-order valence-electron chi connectivity index (χ3n) is 1.77. The summed E-state index contributed by atoms with van der Waals surface area (Å²) in [6, 6.07) is 4.21. The first-order chi connectivity index (χ1) is 7.30. The topological polar surface area (TPSA) is 66.4 Å². The van der Waals surface area contributed by atoms with Crippen molar-refractivity contribution in [1.29, 1.82) is 0 Å². The minimum Gasteiger partial charge on any atom is -0.506 e. The van der Waals surface area contributed by atoms with Crippen molar-refractivity contribution in [3.8, 4) is 5.75 Å². The predicted octanol–water partition coefficient (Wildman–Crippen LogP) is 2.44. The number of sulfonamides is 1. The largest absolute Gasteiger partial charge is 0.506 e.